The van der Waals surface area contributed by atoms with Crippen LogP contribution in [0.3, 0.4) is 0 Å². The van der Waals surface area contributed by atoms with E-state index in [9.17, 15) is 5.11 Å². The molecule has 0 aromatic heterocycles. The molecule has 0 N–H and O–H groups in total. The van der Waals surface area contributed by atoms with Gasteiger partial charge in [0.1, 0.15) is 6.10 Å². The molecule has 59 valence electrons. The van der Waals surface area contributed by atoms with Crippen LogP contribution in [-0.2, 0) is 5.11 Å². The van der Waals surface area contributed by atoms with Gasteiger partial charge in [-0.3, -0.25) is 0 Å². The fourth-order valence-electron chi connectivity index (χ4n) is 0.706. The third-order valence-electron chi connectivity index (χ3n) is 1.48. The molecule has 0 aliphatic rings. The minimum atomic E-state index is -0.475. The van der Waals surface area contributed by atoms with Crippen molar-refractivity contribution in [2.75, 3.05) is 0 Å². The fourth-order valence-corrected chi connectivity index (χ4v) is 0.706. The van der Waals surface area contributed by atoms with E-state index in [2.05, 4.69) is 6.92 Å². The Balaban J connectivity index is 3.18. The van der Waals surface area contributed by atoms with Crippen molar-refractivity contribution in [2.45, 2.75) is 45.6 Å². The molecule has 0 bridgehead atoms. The van der Waals surface area contributed by atoms with Crippen LogP contribution in [-0.4, -0.2) is 6.10 Å². The highest BCUT2D eigenvalue weighted by atomic mass is 16.3. The van der Waals surface area contributed by atoms with Crippen LogP contribution in [0.5, 0.6) is 0 Å². The molecule has 0 amide bonds. The van der Waals surface area contributed by atoms with Gasteiger partial charge in [-0.2, -0.15) is 0 Å². The second kappa shape index (κ2) is 6.81. The minimum Gasteiger partial charge on any atom is -0.229 e. The largest absolute Gasteiger partial charge is 0.229 e. The number of hydrogen-bond donors (Lipinski definition) is 0. The number of allylic oxidation sites excluding steroid dienone is 1. The second-order valence-corrected chi connectivity index (χ2v) is 2.52. The zero-order chi connectivity index (χ0) is 7.82. The molecule has 1 radical (unpaired) electrons. The molecule has 0 rings (SSSR count). The summed E-state index contributed by atoms with van der Waals surface area (Å²) in [7, 11) is 0. The van der Waals surface area contributed by atoms with Gasteiger partial charge < -0.3 is 0 Å². The molecule has 0 saturated carbocycles. The Kier molecular flexibility index (Phi) is 6.61. The summed E-state index contributed by atoms with van der Waals surface area (Å²) in [6, 6.07) is 0. The first-order valence-electron chi connectivity index (χ1n) is 4.13. The fraction of sp³-hybridized carbons (Fsp3) is 0.778. The zero-order valence-electron chi connectivity index (χ0n) is 6.97. The summed E-state index contributed by atoms with van der Waals surface area (Å²) in [5.74, 6) is 0. The van der Waals surface area contributed by atoms with Gasteiger partial charge in [0.15, 0.2) is 0 Å². The molecule has 0 aliphatic carbocycles. The van der Waals surface area contributed by atoms with Crippen molar-refractivity contribution in [3.05, 3.63) is 12.2 Å². The molecule has 1 nitrogen and oxygen atoms in total. The van der Waals surface area contributed by atoms with Crippen LogP contribution in [0.2, 0.25) is 0 Å². The predicted octanol–water partition coefficient (Wildman–Crippen LogP) is 2.94. The van der Waals surface area contributed by atoms with Crippen LogP contribution in [0, 0.1) is 0 Å². The zero-order valence-corrected chi connectivity index (χ0v) is 6.97. The van der Waals surface area contributed by atoms with Crippen molar-refractivity contribution in [1.29, 1.82) is 0 Å². The summed E-state index contributed by atoms with van der Waals surface area (Å²) in [6.07, 6.45) is 7.49. The van der Waals surface area contributed by atoms with Gasteiger partial charge in [0.2, 0.25) is 0 Å². The van der Waals surface area contributed by atoms with E-state index in [0.717, 1.165) is 6.42 Å². The highest BCUT2D eigenvalue weighted by Gasteiger charge is 1.92. The van der Waals surface area contributed by atoms with Gasteiger partial charge in [-0.05, 0) is 12.8 Å². The summed E-state index contributed by atoms with van der Waals surface area (Å²) >= 11 is 0. The van der Waals surface area contributed by atoms with Crippen molar-refractivity contribution in [2.24, 2.45) is 0 Å². The van der Waals surface area contributed by atoms with Gasteiger partial charge in [-0.1, -0.05) is 38.8 Å². The molecule has 0 spiro atoms. The number of rotatable bonds is 5. The lowest BCUT2D eigenvalue weighted by atomic mass is 10.2. The molecule has 0 saturated heterocycles. The summed E-state index contributed by atoms with van der Waals surface area (Å²) in [4.78, 5) is 0. The van der Waals surface area contributed by atoms with E-state index in [-0.39, 0.29) is 0 Å². The first-order valence-corrected chi connectivity index (χ1v) is 4.13. The van der Waals surface area contributed by atoms with Gasteiger partial charge in [0.25, 0.3) is 0 Å². The first-order chi connectivity index (χ1) is 4.81. The third kappa shape index (κ3) is 5.83. The van der Waals surface area contributed by atoms with Crippen LogP contribution in [0.1, 0.15) is 39.5 Å². The van der Waals surface area contributed by atoms with Crippen molar-refractivity contribution >= 4 is 0 Å². The standard InChI is InChI=1S/C9H17O/c1-3-5-6-7-8-9(10)4-2/h7-9H,3-6H2,1-2H3. The van der Waals surface area contributed by atoms with Crippen LogP contribution < -0.4 is 0 Å². The predicted molar refractivity (Wildman–Crippen MR) is 43.4 cm³/mol. The van der Waals surface area contributed by atoms with Crippen LogP contribution in [0.15, 0.2) is 12.2 Å². The molecular formula is C9H17O. The van der Waals surface area contributed by atoms with E-state index in [1.165, 1.54) is 12.8 Å². The lowest BCUT2D eigenvalue weighted by Gasteiger charge is -1.94. The second-order valence-electron chi connectivity index (χ2n) is 2.52. The monoisotopic (exact) mass is 141 g/mol. The summed E-state index contributed by atoms with van der Waals surface area (Å²) in [6.45, 7) is 4.07. The molecule has 10 heavy (non-hydrogen) atoms. The topological polar surface area (TPSA) is 19.9 Å². The van der Waals surface area contributed by atoms with E-state index >= 15 is 0 Å². The van der Waals surface area contributed by atoms with Crippen molar-refractivity contribution in [1.82, 2.24) is 0 Å². The maximum Gasteiger partial charge on any atom is 0.111 e. The Bertz CT molecular complexity index is 86.7. The quantitative estimate of drug-likeness (QED) is 0.414. The molecule has 0 aromatic carbocycles. The average Bonchev–Trinajstić information content (AvgIpc) is 1.98. The Hall–Kier alpha value is -0.300. The van der Waals surface area contributed by atoms with Gasteiger partial charge in [-0.15, -0.1) is 0 Å². The highest BCUT2D eigenvalue weighted by Crippen LogP contribution is 1.98. The van der Waals surface area contributed by atoms with Crippen molar-refractivity contribution in [3.63, 3.8) is 0 Å². The molecular weight excluding hydrogens is 124 g/mol. The smallest absolute Gasteiger partial charge is 0.111 e. The van der Waals surface area contributed by atoms with Gasteiger partial charge in [0.05, 0.1) is 0 Å². The van der Waals surface area contributed by atoms with Gasteiger partial charge in [-0.25, -0.2) is 5.11 Å². The van der Waals surface area contributed by atoms with Crippen LogP contribution >= 0.6 is 0 Å². The first kappa shape index (κ1) is 9.70. The van der Waals surface area contributed by atoms with Crippen LogP contribution in [0.4, 0.5) is 0 Å². The lowest BCUT2D eigenvalue weighted by Crippen LogP contribution is -1.95. The maximum absolute atomic E-state index is 10.8. The highest BCUT2D eigenvalue weighted by molar-refractivity contribution is 4.87. The molecule has 0 aromatic rings. The van der Waals surface area contributed by atoms with E-state index in [4.69, 9.17) is 0 Å². The Morgan fingerprint density at radius 3 is 2.60 bits per heavy atom. The molecule has 0 heterocycles. The lowest BCUT2D eigenvalue weighted by molar-refractivity contribution is 0.126. The number of hydrogen-bond acceptors (Lipinski definition) is 0. The summed E-state index contributed by atoms with van der Waals surface area (Å²) in [5.41, 5.74) is 0. The minimum absolute atomic E-state index is 0.475. The Labute approximate surface area is 63.8 Å². The van der Waals surface area contributed by atoms with Crippen molar-refractivity contribution < 1.29 is 5.11 Å². The van der Waals surface area contributed by atoms with Crippen LogP contribution in [0.25, 0.3) is 0 Å². The van der Waals surface area contributed by atoms with E-state index in [1.807, 2.05) is 13.0 Å². The summed E-state index contributed by atoms with van der Waals surface area (Å²) < 4.78 is 0. The van der Waals surface area contributed by atoms with E-state index < -0.39 is 6.10 Å². The summed E-state index contributed by atoms with van der Waals surface area (Å²) in [5, 5.41) is 10.8. The molecule has 0 aliphatic heterocycles. The molecule has 1 atom stereocenters. The average molecular weight is 141 g/mol. The Morgan fingerprint density at radius 2 is 2.10 bits per heavy atom. The van der Waals surface area contributed by atoms with E-state index in [1.54, 1.807) is 6.08 Å². The number of unbranched alkanes of at least 4 members (excludes halogenated alkanes) is 2. The Morgan fingerprint density at radius 1 is 1.40 bits per heavy atom. The molecule has 1 unspecified atom stereocenters. The van der Waals surface area contributed by atoms with Crippen molar-refractivity contribution in [3.8, 4) is 0 Å². The maximum atomic E-state index is 10.8. The normalized spacial score (nSPS) is 14.3. The van der Waals surface area contributed by atoms with Gasteiger partial charge >= 0.3 is 0 Å². The third-order valence-corrected chi connectivity index (χ3v) is 1.48. The molecule has 1 heteroatoms. The van der Waals surface area contributed by atoms with E-state index in [0.29, 0.717) is 6.42 Å². The molecule has 0 fully saturated rings. The SMILES string of the molecule is CCCCC=CC([O])CC. The van der Waals surface area contributed by atoms with Gasteiger partial charge in [0, 0.05) is 0 Å².